The third kappa shape index (κ3) is 6.33. The molecule has 1 aromatic carbocycles. The number of carbonyl (C=O) groups is 5. The Kier molecular flexibility index (Phi) is 9.64. The van der Waals surface area contributed by atoms with Gasteiger partial charge in [-0.15, -0.1) is 0 Å². The number of carboxylic acid groups (broad SMARTS) is 2. The van der Waals surface area contributed by atoms with E-state index in [1.54, 1.807) is 0 Å². The monoisotopic (exact) mass is 729 g/mol. The molecule has 1 amide bonds. The van der Waals surface area contributed by atoms with Crippen molar-refractivity contribution >= 4 is 41.4 Å². The first-order valence-electron chi connectivity index (χ1n) is 19.1. The number of carbonyl (C=O) groups excluding carboxylic acids is 3. The van der Waals surface area contributed by atoms with Gasteiger partial charge in [-0.3, -0.25) is 14.4 Å². The molecule has 0 spiro atoms. The Labute approximate surface area is 312 Å². The highest BCUT2D eigenvalue weighted by atomic mass is 16.5. The van der Waals surface area contributed by atoms with E-state index in [9.17, 15) is 34.2 Å². The number of carboxylic acids is 2. The molecule has 4 saturated carbocycles. The van der Waals surface area contributed by atoms with Crippen LogP contribution in [0.3, 0.4) is 0 Å². The lowest BCUT2D eigenvalue weighted by Gasteiger charge is -2.70. The number of anilines is 1. The average molecular weight is 730 g/mol. The topological polar surface area (TPSA) is 167 Å². The van der Waals surface area contributed by atoms with E-state index in [4.69, 9.17) is 9.84 Å². The summed E-state index contributed by atoms with van der Waals surface area (Å²) in [4.78, 5) is 63.4. The van der Waals surface area contributed by atoms with Gasteiger partial charge in [0.25, 0.3) is 0 Å². The minimum absolute atomic E-state index is 0.0418. The molecule has 4 unspecified atom stereocenters. The summed E-state index contributed by atoms with van der Waals surface area (Å²) in [5, 5.41) is 32.5. The summed E-state index contributed by atoms with van der Waals surface area (Å²) in [7, 11) is 0. The van der Waals surface area contributed by atoms with Gasteiger partial charge in [-0.25, -0.2) is 9.59 Å². The van der Waals surface area contributed by atoms with Gasteiger partial charge in [-0.05, 0) is 116 Å². The molecule has 5 aliphatic rings. The van der Waals surface area contributed by atoms with Gasteiger partial charge in [-0.2, -0.15) is 0 Å². The van der Waals surface area contributed by atoms with Crippen molar-refractivity contribution in [3.8, 4) is 5.75 Å². The Morgan fingerprint density at radius 1 is 0.906 bits per heavy atom. The Morgan fingerprint density at radius 2 is 1.62 bits per heavy atom. The minimum Gasteiger partial charge on any atom is -0.508 e. The fourth-order valence-corrected chi connectivity index (χ4v) is 12.1. The van der Waals surface area contributed by atoms with Crippen molar-refractivity contribution in [3.05, 3.63) is 53.6 Å². The number of aromatic hydroxyl groups is 1. The summed E-state index contributed by atoms with van der Waals surface area (Å²) in [5.41, 5.74) is -0.670. The molecule has 10 nitrogen and oxygen atoms in total. The summed E-state index contributed by atoms with van der Waals surface area (Å²) in [6.45, 7) is 13.5. The molecular weight excluding hydrogens is 674 g/mol. The predicted molar refractivity (Wildman–Crippen MR) is 200 cm³/mol. The summed E-state index contributed by atoms with van der Waals surface area (Å²) in [6, 6.07) is 4.19. The van der Waals surface area contributed by atoms with Crippen molar-refractivity contribution in [3.63, 3.8) is 0 Å². The van der Waals surface area contributed by atoms with Crippen LogP contribution in [0.1, 0.15) is 111 Å². The standard InChI is InChI=1S/C43H55NO9/c1-38(2)19-20-42(37(51)52)21-22-43(25-53-36(50)14-7-26-23-27(45)8-10-30(26)44-34(47)12-13-35(48)49)28(29(42)24-38)9-11-32-40(5)17-16-33(46)39(3,4)31(40)15-18-41(32,43)6/h7-10,12-14,23,29,31-32,45H,11,15-22,24-25H2,1-6H3,(H,44,47)(H,48,49)(H,51,52)/b13-12+,14-7+/t29?,31?,32?,40-,41?,42-,43-/m0/s1. The van der Waals surface area contributed by atoms with E-state index >= 15 is 0 Å². The molecule has 286 valence electrons. The van der Waals surface area contributed by atoms with Gasteiger partial charge in [-0.1, -0.05) is 53.2 Å². The van der Waals surface area contributed by atoms with Crippen LogP contribution in [-0.2, 0) is 28.7 Å². The van der Waals surface area contributed by atoms with Crippen LogP contribution in [-0.4, -0.2) is 51.5 Å². The van der Waals surface area contributed by atoms with Crippen LogP contribution >= 0.6 is 0 Å². The van der Waals surface area contributed by atoms with Gasteiger partial charge in [0, 0.05) is 46.7 Å². The molecule has 0 bridgehead atoms. The molecule has 10 heteroatoms. The highest BCUT2D eigenvalue weighted by Gasteiger charge is 2.71. The Balaban J connectivity index is 1.36. The number of aliphatic carboxylic acids is 2. The molecule has 4 N–H and O–H groups in total. The molecular formula is C43H55NO9. The second kappa shape index (κ2) is 13.3. The zero-order chi connectivity index (χ0) is 38.8. The van der Waals surface area contributed by atoms with Crippen LogP contribution < -0.4 is 5.32 Å². The molecule has 6 rings (SSSR count). The van der Waals surface area contributed by atoms with Gasteiger partial charge in [0.15, 0.2) is 0 Å². The number of ketones is 1. The number of allylic oxidation sites excluding steroid dienone is 1. The van der Waals surface area contributed by atoms with Crippen molar-refractivity contribution in [1.82, 2.24) is 0 Å². The molecule has 7 atom stereocenters. The number of esters is 1. The van der Waals surface area contributed by atoms with Crippen molar-refractivity contribution in [2.45, 2.75) is 106 Å². The maximum absolute atomic E-state index is 13.7. The fraction of sp³-hybridized carbons (Fsp3) is 0.605. The highest BCUT2D eigenvalue weighted by molar-refractivity contribution is 6.03. The number of Topliss-reactive ketones (excluding diaryl/α,β-unsaturated/α-hetero) is 1. The number of nitrogens with one attached hydrogen (secondary N) is 1. The molecule has 0 saturated heterocycles. The fourth-order valence-electron chi connectivity index (χ4n) is 12.1. The zero-order valence-corrected chi connectivity index (χ0v) is 31.9. The van der Waals surface area contributed by atoms with Gasteiger partial charge >= 0.3 is 17.9 Å². The maximum Gasteiger partial charge on any atom is 0.330 e. The molecule has 1 aromatic rings. The number of amides is 1. The van der Waals surface area contributed by atoms with Crippen molar-refractivity contribution < 1.29 is 44.0 Å². The molecule has 53 heavy (non-hydrogen) atoms. The van der Waals surface area contributed by atoms with Crippen molar-refractivity contribution in [2.75, 3.05) is 11.9 Å². The van der Waals surface area contributed by atoms with E-state index < -0.39 is 40.1 Å². The first kappa shape index (κ1) is 38.5. The minimum atomic E-state index is -1.28. The number of phenols is 1. The number of rotatable bonds is 8. The average Bonchev–Trinajstić information content (AvgIpc) is 3.08. The maximum atomic E-state index is 13.7. The number of ether oxygens (including phenoxy) is 1. The van der Waals surface area contributed by atoms with Crippen LogP contribution in [0.5, 0.6) is 5.75 Å². The second-order valence-electron chi connectivity index (χ2n) is 18.4. The van der Waals surface area contributed by atoms with Gasteiger partial charge in [0.05, 0.1) is 5.41 Å². The smallest absolute Gasteiger partial charge is 0.330 e. The Bertz CT molecular complexity index is 1820. The largest absolute Gasteiger partial charge is 0.508 e. The van der Waals surface area contributed by atoms with E-state index in [1.165, 1.54) is 30.4 Å². The molecule has 0 aromatic heterocycles. The third-order valence-corrected chi connectivity index (χ3v) is 15.0. The van der Waals surface area contributed by atoms with Crippen LogP contribution in [0.25, 0.3) is 6.08 Å². The van der Waals surface area contributed by atoms with E-state index in [0.29, 0.717) is 43.1 Å². The number of phenolic OH excluding ortho intramolecular Hbond substituents is 1. The van der Waals surface area contributed by atoms with Gasteiger partial charge < -0.3 is 25.4 Å². The SMILES string of the molecule is CC1(C)CC[C@]2(C(=O)O)CC[C@]3(COC(=O)/C=C/c4cc(O)ccc4NC(=O)/C=C/C(=O)O)C(=CCC4C3(C)CCC3C(C)(C)C(=O)CC[C@@]34C)C2C1. The van der Waals surface area contributed by atoms with E-state index in [-0.39, 0.29) is 52.0 Å². The van der Waals surface area contributed by atoms with E-state index in [0.717, 1.165) is 50.2 Å². The lowest BCUT2D eigenvalue weighted by atomic mass is 9.33. The van der Waals surface area contributed by atoms with Crippen LogP contribution in [0.2, 0.25) is 0 Å². The lowest BCUT2D eigenvalue weighted by molar-refractivity contribution is -0.202. The van der Waals surface area contributed by atoms with Crippen LogP contribution in [0.15, 0.2) is 48.1 Å². The number of benzene rings is 1. The normalized spacial score (nSPS) is 35.6. The molecule has 0 aliphatic heterocycles. The summed E-state index contributed by atoms with van der Waals surface area (Å²) in [5.74, 6) is -2.84. The Hall–Kier alpha value is -4.21. The van der Waals surface area contributed by atoms with Crippen LogP contribution in [0.4, 0.5) is 5.69 Å². The zero-order valence-electron chi connectivity index (χ0n) is 31.9. The number of fused-ring (bicyclic) bond motifs is 7. The summed E-state index contributed by atoms with van der Waals surface area (Å²) >= 11 is 0. The molecule has 0 radical (unpaired) electrons. The first-order chi connectivity index (χ1) is 24.7. The first-order valence-corrected chi connectivity index (χ1v) is 19.1. The number of hydrogen-bond acceptors (Lipinski definition) is 7. The summed E-state index contributed by atoms with van der Waals surface area (Å²) < 4.78 is 6.25. The lowest BCUT2D eigenvalue weighted by Crippen LogP contribution is -2.66. The van der Waals surface area contributed by atoms with E-state index in [2.05, 4.69) is 52.9 Å². The molecule has 5 aliphatic carbocycles. The van der Waals surface area contributed by atoms with Gasteiger partial charge in [0.1, 0.15) is 18.1 Å². The van der Waals surface area contributed by atoms with Gasteiger partial charge in [0.2, 0.25) is 5.91 Å². The predicted octanol–water partition coefficient (Wildman–Crippen LogP) is 7.96. The Morgan fingerprint density at radius 3 is 2.32 bits per heavy atom. The third-order valence-electron chi connectivity index (χ3n) is 15.0. The number of hydrogen-bond donors (Lipinski definition) is 4. The quantitative estimate of drug-likeness (QED) is 0.0898. The highest BCUT2D eigenvalue weighted by Crippen LogP contribution is 2.75. The van der Waals surface area contributed by atoms with Crippen molar-refractivity contribution in [2.24, 2.45) is 50.2 Å². The van der Waals surface area contributed by atoms with Crippen molar-refractivity contribution in [1.29, 1.82) is 0 Å². The molecule has 0 heterocycles. The second-order valence-corrected chi connectivity index (χ2v) is 18.4. The summed E-state index contributed by atoms with van der Waals surface area (Å²) in [6.07, 6.45) is 13.8. The molecule has 4 fully saturated rings. The van der Waals surface area contributed by atoms with E-state index in [1.807, 2.05) is 0 Å². The van der Waals surface area contributed by atoms with Crippen LogP contribution in [0, 0.1) is 50.2 Å².